The number of ether oxygens (including phenoxy) is 2. The highest BCUT2D eigenvalue weighted by Crippen LogP contribution is 2.07. The van der Waals surface area contributed by atoms with E-state index in [0.29, 0.717) is 11.8 Å². The summed E-state index contributed by atoms with van der Waals surface area (Å²) in [5.41, 5.74) is 0. The molecule has 0 aliphatic carbocycles. The van der Waals surface area contributed by atoms with Gasteiger partial charge in [-0.05, 0) is 12.2 Å². The van der Waals surface area contributed by atoms with E-state index >= 15 is 0 Å². The molecule has 1 rings (SSSR count). The van der Waals surface area contributed by atoms with E-state index in [2.05, 4.69) is 5.32 Å². The molecule has 1 heterocycles. The van der Waals surface area contributed by atoms with Crippen LogP contribution in [0.1, 0.15) is 6.42 Å². The summed E-state index contributed by atoms with van der Waals surface area (Å²) in [6.45, 7) is 1.46. The predicted molar refractivity (Wildman–Crippen MR) is 42.0 cm³/mol. The van der Waals surface area contributed by atoms with Crippen LogP contribution in [0.15, 0.2) is 0 Å². The molecule has 1 atom stereocenters. The van der Waals surface area contributed by atoms with Gasteiger partial charge in [0.1, 0.15) is 6.10 Å². The Hall–Kier alpha value is -0.350. The lowest BCUT2D eigenvalue weighted by Crippen LogP contribution is -2.25. The van der Waals surface area contributed by atoms with Crippen LogP contribution in [-0.4, -0.2) is 31.5 Å². The lowest BCUT2D eigenvalue weighted by molar-refractivity contribution is 0.134. The maximum absolute atomic E-state index is 5.26. The highest BCUT2D eigenvalue weighted by Gasteiger charge is 2.17. The summed E-state index contributed by atoms with van der Waals surface area (Å²) in [6.07, 6.45) is 1.11. The first-order valence-corrected chi connectivity index (χ1v) is 3.70. The molecule has 0 radical (unpaired) electrons. The summed E-state index contributed by atoms with van der Waals surface area (Å²) in [4.78, 5) is 0. The molecule has 1 unspecified atom stereocenters. The third-order valence-electron chi connectivity index (χ3n) is 1.37. The van der Waals surface area contributed by atoms with Crippen molar-refractivity contribution in [2.75, 3.05) is 20.3 Å². The first kappa shape index (κ1) is 7.75. The molecule has 1 saturated heterocycles. The van der Waals surface area contributed by atoms with Gasteiger partial charge in [-0.1, -0.05) is 0 Å². The van der Waals surface area contributed by atoms with Crippen LogP contribution in [0.25, 0.3) is 0 Å². The summed E-state index contributed by atoms with van der Waals surface area (Å²) in [7, 11) is 1.75. The minimum atomic E-state index is 0.167. The number of hydrogen-bond acceptors (Lipinski definition) is 3. The molecule has 1 aliphatic heterocycles. The fourth-order valence-corrected chi connectivity index (χ4v) is 0.952. The molecular formula is C6H11NO2S. The van der Waals surface area contributed by atoms with Crippen LogP contribution < -0.4 is 5.32 Å². The highest BCUT2D eigenvalue weighted by molar-refractivity contribution is 7.80. The van der Waals surface area contributed by atoms with Gasteiger partial charge in [0, 0.05) is 13.5 Å². The van der Waals surface area contributed by atoms with E-state index in [9.17, 15) is 0 Å². The number of rotatable bonds is 1. The first-order valence-electron chi connectivity index (χ1n) is 3.29. The van der Waals surface area contributed by atoms with Gasteiger partial charge in [0.05, 0.1) is 13.2 Å². The second-order valence-electron chi connectivity index (χ2n) is 2.14. The normalized spacial score (nSPS) is 24.3. The standard InChI is InChI=1S/C6H11NO2S/c1-7-6(10)9-5-2-3-8-4-5/h5H,2-4H2,1H3,(H,7,10). The smallest absolute Gasteiger partial charge is 0.256 e. The molecule has 0 saturated carbocycles. The number of hydrogen-bond donors (Lipinski definition) is 1. The van der Waals surface area contributed by atoms with Gasteiger partial charge >= 0.3 is 0 Å². The molecule has 58 valence electrons. The van der Waals surface area contributed by atoms with Crippen molar-refractivity contribution in [1.82, 2.24) is 5.32 Å². The maximum Gasteiger partial charge on any atom is 0.256 e. The Labute approximate surface area is 65.7 Å². The van der Waals surface area contributed by atoms with E-state index in [1.54, 1.807) is 7.05 Å². The van der Waals surface area contributed by atoms with Crippen LogP contribution in [0, 0.1) is 0 Å². The van der Waals surface area contributed by atoms with Gasteiger partial charge in [-0.2, -0.15) is 0 Å². The summed E-state index contributed by atoms with van der Waals surface area (Å²) in [6, 6.07) is 0. The van der Waals surface area contributed by atoms with Crippen LogP contribution >= 0.6 is 12.2 Å². The molecular weight excluding hydrogens is 150 g/mol. The average Bonchev–Trinajstić information content (AvgIpc) is 2.40. The molecule has 0 aromatic carbocycles. The second-order valence-corrected chi connectivity index (χ2v) is 2.51. The number of thiocarbonyl (C=S) groups is 1. The SMILES string of the molecule is CNC(=S)OC1CCOC1. The zero-order chi connectivity index (χ0) is 7.40. The Bertz CT molecular complexity index is 123. The fourth-order valence-electron chi connectivity index (χ4n) is 0.816. The first-order chi connectivity index (χ1) is 4.83. The third kappa shape index (κ3) is 2.11. The Morgan fingerprint density at radius 3 is 3.10 bits per heavy atom. The van der Waals surface area contributed by atoms with Crippen LogP contribution in [0.5, 0.6) is 0 Å². The number of nitrogens with one attached hydrogen (secondary N) is 1. The summed E-state index contributed by atoms with van der Waals surface area (Å²) in [5, 5.41) is 3.20. The third-order valence-corrected chi connectivity index (χ3v) is 1.67. The van der Waals surface area contributed by atoms with Gasteiger partial charge < -0.3 is 14.8 Å². The van der Waals surface area contributed by atoms with E-state index in [-0.39, 0.29) is 6.10 Å². The van der Waals surface area contributed by atoms with Crippen molar-refractivity contribution in [2.24, 2.45) is 0 Å². The fraction of sp³-hybridized carbons (Fsp3) is 0.833. The highest BCUT2D eigenvalue weighted by atomic mass is 32.1. The van der Waals surface area contributed by atoms with Gasteiger partial charge in [0.25, 0.3) is 5.17 Å². The zero-order valence-corrected chi connectivity index (χ0v) is 6.74. The Kier molecular flexibility index (Phi) is 2.89. The van der Waals surface area contributed by atoms with E-state index in [0.717, 1.165) is 13.0 Å². The Morgan fingerprint density at radius 2 is 2.60 bits per heavy atom. The van der Waals surface area contributed by atoms with E-state index < -0.39 is 0 Å². The van der Waals surface area contributed by atoms with Gasteiger partial charge in [-0.25, -0.2) is 0 Å². The molecule has 0 spiro atoms. The Balaban J connectivity index is 2.17. The molecule has 4 heteroatoms. The zero-order valence-electron chi connectivity index (χ0n) is 5.92. The van der Waals surface area contributed by atoms with E-state index in [4.69, 9.17) is 21.7 Å². The molecule has 1 fully saturated rings. The molecule has 0 aromatic heterocycles. The largest absolute Gasteiger partial charge is 0.465 e. The van der Waals surface area contributed by atoms with Crippen LogP contribution in [0.2, 0.25) is 0 Å². The van der Waals surface area contributed by atoms with Crippen LogP contribution in [-0.2, 0) is 9.47 Å². The summed E-state index contributed by atoms with van der Waals surface area (Å²) < 4.78 is 10.3. The molecule has 0 amide bonds. The van der Waals surface area contributed by atoms with Crippen molar-refractivity contribution in [3.8, 4) is 0 Å². The van der Waals surface area contributed by atoms with Crippen molar-refractivity contribution in [1.29, 1.82) is 0 Å². The summed E-state index contributed by atoms with van der Waals surface area (Å²) in [5.74, 6) is 0. The lowest BCUT2D eigenvalue weighted by Gasteiger charge is -2.10. The monoisotopic (exact) mass is 161 g/mol. The average molecular weight is 161 g/mol. The van der Waals surface area contributed by atoms with Crippen molar-refractivity contribution in [2.45, 2.75) is 12.5 Å². The molecule has 0 aromatic rings. The molecule has 1 aliphatic rings. The van der Waals surface area contributed by atoms with Gasteiger partial charge in [-0.15, -0.1) is 0 Å². The van der Waals surface area contributed by atoms with E-state index in [1.165, 1.54) is 0 Å². The lowest BCUT2D eigenvalue weighted by atomic mass is 10.3. The van der Waals surface area contributed by atoms with Crippen molar-refractivity contribution in [3.63, 3.8) is 0 Å². The second kappa shape index (κ2) is 3.73. The quantitative estimate of drug-likeness (QED) is 0.560. The maximum atomic E-state index is 5.26. The predicted octanol–water partition coefficient (Wildman–Crippen LogP) is 0.296. The minimum Gasteiger partial charge on any atom is -0.465 e. The Morgan fingerprint density at radius 1 is 1.80 bits per heavy atom. The topological polar surface area (TPSA) is 30.5 Å². The van der Waals surface area contributed by atoms with E-state index in [1.807, 2.05) is 0 Å². The van der Waals surface area contributed by atoms with Crippen LogP contribution in [0.3, 0.4) is 0 Å². The molecule has 3 nitrogen and oxygen atoms in total. The van der Waals surface area contributed by atoms with Crippen molar-refractivity contribution in [3.05, 3.63) is 0 Å². The van der Waals surface area contributed by atoms with Gasteiger partial charge in [-0.3, -0.25) is 0 Å². The molecule has 10 heavy (non-hydrogen) atoms. The van der Waals surface area contributed by atoms with Crippen molar-refractivity contribution >= 4 is 17.4 Å². The van der Waals surface area contributed by atoms with Crippen LogP contribution in [0.4, 0.5) is 0 Å². The molecule has 1 N–H and O–H groups in total. The van der Waals surface area contributed by atoms with Gasteiger partial charge in [0.2, 0.25) is 0 Å². The summed E-state index contributed by atoms with van der Waals surface area (Å²) >= 11 is 4.80. The van der Waals surface area contributed by atoms with Gasteiger partial charge in [0.15, 0.2) is 0 Å². The molecule has 0 bridgehead atoms. The minimum absolute atomic E-state index is 0.167. The van der Waals surface area contributed by atoms with Crippen molar-refractivity contribution < 1.29 is 9.47 Å².